The van der Waals surface area contributed by atoms with E-state index in [1.807, 2.05) is 60.4 Å². The Balaban J connectivity index is 1.45. The third-order valence-corrected chi connectivity index (χ3v) is 6.18. The van der Waals surface area contributed by atoms with Crippen molar-refractivity contribution >= 4 is 17.6 Å². The third kappa shape index (κ3) is 5.22. The van der Waals surface area contributed by atoms with Crippen LogP contribution in [-0.4, -0.2) is 34.8 Å². The normalized spacial score (nSPS) is 16.1. The van der Waals surface area contributed by atoms with Crippen LogP contribution in [0, 0.1) is 12.8 Å². The van der Waals surface area contributed by atoms with E-state index in [4.69, 9.17) is 0 Å². The minimum absolute atomic E-state index is 0.00438. The summed E-state index contributed by atoms with van der Waals surface area (Å²) in [7, 11) is 0. The SMILES string of the molecule is Cc1cccnc1NC(=O)C1CCCN(C(=O)CC(c2ccccc2)c2ccccc2)C1. The van der Waals surface area contributed by atoms with Crippen LogP contribution in [0.15, 0.2) is 79.0 Å². The molecule has 32 heavy (non-hydrogen) atoms. The first-order chi connectivity index (χ1) is 15.6. The number of likely N-dealkylation sites (tertiary alicyclic amines) is 1. The number of benzene rings is 2. The fourth-order valence-electron chi connectivity index (χ4n) is 4.36. The Morgan fingerprint density at radius 2 is 1.66 bits per heavy atom. The summed E-state index contributed by atoms with van der Waals surface area (Å²) in [5, 5.41) is 2.94. The van der Waals surface area contributed by atoms with Gasteiger partial charge >= 0.3 is 0 Å². The maximum Gasteiger partial charge on any atom is 0.230 e. The molecule has 164 valence electrons. The van der Waals surface area contributed by atoms with Crippen LogP contribution in [-0.2, 0) is 9.59 Å². The lowest BCUT2D eigenvalue weighted by Gasteiger charge is -2.33. The van der Waals surface area contributed by atoms with E-state index in [0.717, 1.165) is 29.5 Å². The molecule has 1 fully saturated rings. The molecule has 5 nitrogen and oxygen atoms in total. The molecular weight excluding hydrogens is 398 g/mol. The topological polar surface area (TPSA) is 62.3 Å². The Morgan fingerprint density at radius 3 is 2.28 bits per heavy atom. The average Bonchev–Trinajstić information content (AvgIpc) is 2.85. The van der Waals surface area contributed by atoms with E-state index < -0.39 is 0 Å². The smallest absolute Gasteiger partial charge is 0.230 e. The van der Waals surface area contributed by atoms with Gasteiger partial charge < -0.3 is 10.2 Å². The maximum atomic E-state index is 13.3. The Labute approximate surface area is 189 Å². The summed E-state index contributed by atoms with van der Waals surface area (Å²) in [6.07, 6.45) is 3.67. The van der Waals surface area contributed by atoms with E-state index in [0.29, 0.717) is 25.3 Å². The number of aryl methyl sites for hydroxylation is 1. The van der Waals surface area contributed by atoms with Crippen LogP contribution in [0.1, 0.15) is 41.9 Å². The number of amides is 2. The quantitative estimate of drug-likeness (QED) is 0.615. The first-order valence-corrected chi connectivity index (χ1v) is 11.2. The highest BCUT2D eigenvalue weighted by Gasteiger charge is 2.30. The van der Waals surface area contributed by atoms with Gasteiger partial charge in [0.25, 0.3) is 0 Å². The van der Waals surface area contributed by atoms with Crippen LogP contribution in [0.2, 0.25) is 0 Å². The number of hydrogen-bond acceptors (Lipinski definition) is 3. The second kappa shape index (κ2) is 10.2. The molecule has 2 amide bonds. The Hall–Kier alpha value is -3.47. The maximum absolute atomic E-state index is 13.3. The second-order valence-corrected chi connectivity index (χ2v) is 8.42. The van der Waals surface area contributed by atoms with Gasteiger partial charge in [-0.1, -0.05) is 66.7 Å². The minimum atomic E-state index is -0.221. The predicted molar refractivity (Wildman–Crippen MR) is 126 cm³/mol. The van der Waals surface area contributed by atoms with Gasteiger partial charge in [-0.3, -0.25) is 9.59 Å². The lowest BCUT2D eigenvalue weighted by atomic mass is 9.87. The van der Waals surface area contributed by atoms with Crippen LogP contribution in [0.25, 0.3) is 0 Å². The molecule has 0 saturated carbocycles. The summed E-state index contributed by atoms with van der Waals surface area (Å²) in [5.74, 6) is 0.395. The molecule has 0 radical (unpaired) electrons. The Kier molecular flexibility index (Phi) is 6.95. The molecular formula is C27H29N3O2. The van der Waals surface area contributed by atoms with Gasteiger partial charge in [0.05, 0.1) is 5.92 Å². The average molecular weight is 428 g/mol. The van der Waals surface area contributed by atoms with Crippen molar-refractivity contribution in [2.45, 2.75) is 32.1 Å². The van der Waals surface area contributed by atoms with E-state index >= 15 is 0 Å². The lowest BCUT2D eigenvalue weighted by molar-refractivity contribution is -0.134. The molecule has 1 N–H and O–H groups in total. The van der Waals surface area contributed by atoms with Gasteiger partial charge in [0.2, 0.25) is 11.8 Å². The summed E-state index contributed by atoms with van der Waals surface area (Å²) in [6, 6.07) is 24.1. The van der Waals surface area contributed by atoms with Crippen molar-refractivity contribution in [1.29, 1.82) is 0 Å². The van der Waals surface area contributed by atoms with Gasteiger partial charge in [0.1, 0.15) is 5.82 Å². The monoisotopic (exact) mass is 427 g/mol. The number of nitrogens with zero attached hydrogens (tertiary/aromatic N) is 2. The number of hydrogen-bond donors (Lipinski definition) is 1. The molecule has 1 saturated heterocycles. The van der Waals surface area contributed by atoms with Crippen LogP contribution < -0.4 is 5.32 Å². The number of aromatic nitrogens is 1. The first kappa shape index (κ1) is 21.8. The van der Waals surface area contributed by atoms with E-state index in [-0.39, 0.29) is 23.7 Å². The molecule has 2 aromatic carbocycles. The summed E-state index contributed by atoms with van der Waals surface area (Å²) in [6.45, 7) is 3.07. The highest BCUT2D eigenvalue weighted by atomic mass is 16.2. The number of pyridine rings is 1. The molecule has 1 atom stereocenters. The Bertz CT molecular complexity index is 1010. The standard InChI is InChI=1S/C27H29N3O2/c1-20-10-8-16-28-26(20)29-27(32)23-15-9-17-30(19-23)25(31)18-24(21-11-4-2-5-12-21)22-13-6-3-7-14-22/h2-8,10-14,16,23-24H,9,15,17-19H2,1H3,(H,28,29,32). The molecule has 0 spiro atoms. The second-order valence-electron chi connectivity index (χ2n) is 8.42. The van der Waals surface area contributed by atoms with E-state index in [1.165, 1.54) is 0 Å². The highest BCUT2D eigenvalue weighted by molar-refractivity contribution is 5.93. The van der Waals surface area contributed by atoms with Crippen molar-refractivity contribution in [2.75, 3.05) is 18.4 Å². The predicted octanol–water partition coefficient (Wildman–Crippen LogP) is 4.79. The molecule has 1 aliphatic rings. The molecule has 5 heteroatoms. The van der Waals surface area contributed by atoms with Crippen LogP contribution in [0.3, 0.4) is 0 Å². The van der Waals surface area contributed by atoms with Crippen molar-refractivity contribution in [3.8, 4) is 0 Å². The summed E-state index contributed by atoms with van der Waals surface area (Å²) < 4.78 is 0. The zero-order valence-corrected chi connectivity index (χ0v) is 18.4. The molecule has 1 aliphatic heterocycles. The van der Waals surface area contributed by atoms with Crippen LogP contribution in [0.4, 0.5) is 5.82 Å². The number of nitrogens with one attached hydrogen (secondary N) is 1. The summed E-state index contributed by atoms with van der Waals surface area (Å²) in [5.41, 5.74) is 3.19. The molecule has 1 unspecified atom stereocenters. The van der Waals surface area contributed by atoms with Gasteiger partial charge in [-0.05, 0) is 42.5 Å². The van der Waals surface area contributed by atoms with Crippen LogP contribution in [0.5, 0.6) is 0 Å². The first-order valence-electron chi connectivity index (χ1n) is 11.2. The minimum Gasteiger partial charge on any atom is -0.342 e. The largest absolute Gasteiger partial charge is 0.342 e. The third-order valence-electron chi connectivity index (χ3n) is 6.18. The zero-order valence-electron chi connectivity index (χ0n) is 18.4. The zero-order chi connectivity index (χ0) is 22.3. The van der Waals surface area contributed by atoms with Crippen molar-refractivity contribution in [3.05, 3.63) is 95.7 Å². The fourth-order valence-corrected chi connectivity index (χ4v) is 4.36. The van der Waals surface area contributed by atoms with Crippen molar-refractivity contribution < 1.29 is 9.59 Å². The number of rotatable bonds is 6. The van der Waals surface area contributed by atoms with Crippen molar-refractivity contribution in [1.82, 2.24) is 9.88 Å². The van der Waals surface area contributed by atoms with E-state index in [2.05, 4.69) is 34.6 Å². The molecule has 0 bridgehead atoms. The van der Waals surface area contributed by atoms with Gasteiger partial charge in [-0.2, -0.15) is 0 Å². The number of carbonyl (C=O) groups excluding carboxylic acids is 2. The lowest BCUT2D eigenvalue weighted by Crippen LogP contribution is -2.44. The van der Waals surface area contributed by atoms with Gasteiger partial charge in [0, 0.05) is 31.6 Å². The number of carbonyl (C=O) groups is 2. The molecule has 0 aliphatic carbocycles. The fraction of sp³-hybridized carbons (Fsp3) is 0.296. The van der Waals surface area contributed by atoms with Gasteiger partial charge in [-0.15, -0.1) is 0 Å². The summed E-state index contributed by atoms with van der Waals surface area (Å²) in [4.78, 5) is 32.3. The van der Waals surface area contributed by atoms with Gasteiger partial charge in [-0.25, -0.2) is 4.98 Å². The van der Waals surface area contributed by atoms with E-state index in [9.17, 15) is 9.59 Å². The number of anilines is 1. The van der Waals surface area contributed by atoms with Crippen molar-refractivity contribution in [2.24, 2.45) is 5.92 Å². The molecule has 1 aromatic heterocycles. The number of piperidine rings is 1. The molecule has 4 rings (SSSR count). The van der Waals surface area contributed by atoms with Crippen LogP contribution >= 0.6 is 0 Å². The van der Waals surface area contributed by atoms with E-state index in [1.54, 1.807) is 6.20 Å². The van der Waals surface area contributed by atoms with Crippen molar-refractivity contribution in [3.63, 3.8) is 0 Å². The highest BCUT2D eigenvalue weighted by Crippen LogP contribution is 2.30. The summed E-state index contributed by atoms with van der Waals surface area (Å²) >= 11 is 0. The Morgan fingerprint density at radius 1 is 1.00 bits per heavy atom. The molecule has 2 heterocycles. The van der Waals surface area contributed by atoms with Gasteiger partial charge in [0.15, 0.2) is 0 Å². The molecule has 3 aromatic rings.